The van der Waals surface area contributed by atoms with Gasteiger partial charge in [0, 0.05) is 12.1 Å². The number of halogens is 1. The van der Waals surface area contributed by atoms with Crippen LogP contribution in [0.4, 0.5) is 15.0 Å². The molecule has 0 aliphatic heterocycles. The van der Waals surface area contributed by atoms with Gasteiger partial charge >= 0.3 is 6.09 Å². The van der Waals surface area contributed by atoms with E-state index in [0.29, 0.717) is 12.8 Å². The highest BCUT2D eigenvalue weighted by Crippen LogP contribution is 2.26. The topological polar surface area (TPSA) is 116 Å². The molecule has 1 aromatic carbocycles. The quantitative estimate of drug-likeness (QED) is 0.639. The van der Waals surface area contributed by atoms with Gasteiger partial charge in [0.2, 0.25) is 5.88 Å². The summed E-state index contributed by atoms with van der Waals surface area (Å²) >= 11 is 0. The van der Waals surface area contributed by atoms with Gasteiger partial charge in [-0.05, 0) is 37.3 Å². The number of amides is 2. The Hall–Kier alpha value is -3.36. The van der Waals surface area contributed by atoms with Crippen LogP contribution in [0, 0.1) is 5.82 Å². The zero-order valence-corrected chi connectivity index (χ0v) is 16.7. The first kappa shape index (κ1) is 21.4. The second kappa shape index (κ2) is 9.91. The van der Waals surface area contributed by atoms with Crippen LogP contribution in [0.1, 0.15) is 41.6 Å². The Labute approximate surface area is 174 Å². The average molecular weight is 416 g/mol. The van der Waals surface area contributed by atoms with Gasteiger partial charge in [-0.25, -0.2) is 9.18 Å². The molecule has 4 N–H and O–H groups in total. The van der Waals surface area contributed by atoms with Crippen LogP contribution in [0.25, 0.3) is 0 Å². The summed E-state index contributed by atoms with van der Waals surface area (Å²) in [4.78, 5) is 27.4. The molecule has 1 aromatic heterocycles. The first-order chi connectivity index (χ1) is 14.5. The molecule has 2 aromatic rings. The summed E-state index contributed by atoms with van der Waals surface area (Å²) in [5.41, 5.74) is 6.03. The Balaban J connectivity index is 1.47. The second-order valence-electron chi connectivity index (χ2n) is 7.14. The van der Waals surface area contributed by atoms with Crippen LogP contribution in [0.15, 0.2) is 36.4 Å². The number of carbonyl (C=O) groups is 2. The van der Waals surface area contributed by atoms with Crippen LogP contribution in [0.5, 0.6) is 5.88 Å². The Morgan fingerprint density at radius 1 is 1.17 bits per heavy atom. The highest BCUT2D eigenvalue weighted by Gasteiger charge is 2.25. The van der Waals surface area contributed by atoms with Crippen molar-refractivity contribution in [2.75, 3.05) is 12.4 Å². The zero-order chi connectivity index (χ0) is 21.5. The summed E-state index contributed by atoms with van der Waals surface area (Å²) in [6.07, 6.45) is 2.41. The number of carbonyl (C=O) groups excluding carboxylic acids is 2. The number of ether oxygens (including phenoxy) is 2. The molecule has 0 radical (unpaired) electrons. The zero-order valence-electron chi connectivity index (χ0n) is 16.7. The van der Waals surface area contributed by atoms with Gasteiger partial charge in [-0.1, -0.05) is 30.3 Å². The monoisotopic (exact) mass is 416 g/mol. The van der Waals surface area contributed by atoms with Crippen LogP contribution >= 0.6 is 0 Å². The van der Waals surface area contributed by atoms with Crippen molar-refractivity contribution in [3.8, 4) is 5.88 Å². The number of anilines is 1. The van der Waals surface area contributed by atoms with Gasteiger partial charge in [-0.2, -0.15) is 4.98 Å². The molecule has 1 saturated carbocycles. The number of nitrogens with two attached hydrogens (primary N) is 1. The Morgan fingerprint density at radius 2 is 1.83 bits per heavy atom. The van der Waals surface area contributed by atoms with Gasteiger partial charge in [0.25, 0.3) is 5.91 Å². The third-order valence-corrected chi connectivity index (χ3v) is 5.00. The lowest BCUT2D eigenvalue weighted by molar-refractivity contribution is 0.0996. The molecule has 1 fully saturated rings. The molecule has 1 aliphatic rings. The highest BCUT2D eigenvalue weighted by atomic mass is 19.1. The normalized spacial score (nSPS) is 18.3. The molecule has 3 rings (SSSR count). The number of pyridine rings is 1. The second-order valence-corrected chi connectivity index (χ2v) is 7.14. The first-order valence-electron chi connectivity index (χ1n) is 9.74. The molecular formula is C21H25FN4O4. The number of primary amides is 1. The van der Waals surface area contributed by atoms with Gasteiger partial charge < -0.3 is 25.8 Å². The lowest BCUT2D eigenvalue weighted by Crippen LogP contribution is -2.40. The van der Waals surface area contributed by atoms with E-state index in [0.717, 1.165) is 24.5 Å². The lowest BCUT2D eigenvalue weighted by atomic mass is 9.91. The molecular weight excluding hydrogens is 391 g/mol. The maximum atomic E-state index is 14.3. The van der Waals surface area contributed by atoms with Crippen molar-refractivity contribution >= 4 is 17.8 Å². The summed E-state index contributed by atoms with van der Waals surface area (Å²) in [6, 6.07) is 10.5. The minimum absolute atomic E-state index is 0.00379. The van der Waals surface area contributed by atoms with Crippen molar-refractivity contribution < 1.29 is 23.5 Å². The lowest BCUT2D eigenvalue weighted by Gasteiger charge is -2.29. The van der Waals surface area contributed by atoms with Crippen molar-refractivity contribution in [1.82, 2.24) is 10.3 Å². The molecule has 8 nitrogen and oxygen atoms in total. The van der Waals surface area contributed by atoms with Gasteiger partial charge in [-0.15, -0.1) is 0 Å². The van der Waals surface area contributed by atoms with E-state index >= 15 is 0 Å². The SMILES string of the molecule is COc1nc(NC2CCC(NC(=O)OCc3ccccc3)CC2)c(F)cc1C(N)=O. The summed E-state index contributed by atoms with van der Waals surface area (Å²) < 4.78 is 24.6. The van der Waals surface area contributed by atoms with Gasteiger partial charge in [0.05, 0.1) is 7.11 Å². The standard InChI is InChI=1S/C21H25FN4O4/c1-29-20-16(18(23)27)11-17(22)19(26-20)24-14-7-9-15(10-8-14)25-21(28)30-12-13-5-3-2-4-6-13/h2-6,11,14-15H,7-10,12H2,1H3,(H2,23,27)(H,24,26)(H,25,28). The third kappa shape index (κ3) is 5.59. The number of alkyl carbamates (subject to hydrolysis) is 1. The van der Waals surface area contributed by atoms with Crippen LogP contribution in [-0.2, 0) is 11.3 Å². The van der Waals surface area contributed by atoms with Crippen molar-refractivity contribution in [2.24, 2.45) is 5.73 Å². The first-order valence-corrected chi connectivity index (χ1v) is 9.74. The summed E-state index contributed by atoms with van der Waals surface area (Å²) in [6.45, 7) is 0.220. The van der Waals surface area contributed by atoms with E-state index in [1.54, 1.807) is 0 Å². The third-order valence-electron chi connectivity index (χ3n) is 5.00. The predicted molar refractivity (Wildman–Crippen MR) is 109 cm³/mol. The molecule has 30 heavy (non-hydrogen) atoms. The average Bonchev–Trinajstić information content (AvgIpc) is 2.75. The van der Waals surface area contributed by atoms with E-state index in [9.17, 15) is 14.0 Å². The number of benzene rings is 1. The Kier molecular flexibility index (Phi) is 7.05. The van der Waals surface area contributed by atoms with E-state index in [4.69, 9.17) is 15.2 Å². The highest BCUT2D eigenvalue weighted by molar-refractivity contribution is 5.95. The maximum absolute atomic E-state index is 14.3. The minimum atomic E-state index is -0.810. The molecule has 0 atom stereocenters. The van der Waals surface area contributed by atoms with Crippen LogP contribution < -0.4 is 21.1 Å². The number of aromatic nitrogens is 1. The van der Waals surface area contributed by atoms with Crippen molar-refractivity contribution in [3.63, 3.8) is 0 Å². The molecule has 2 amide bonds. The molecule has 0 saturated heterocycles. The number of hydrogen-bond donors (Lipinski definition) is 3. The fraction of sp³-hybridized carbons (Fsp3) is 0.381. The molecule has 0 unspecified atom stereocenters. The van der Waals surface area contributed by atoms with Gasteiger partial charge in [0.1, 0.15) is 12.2 Å². The Bertz CT molecular complexity index is 886. The number of hydrogen-bond acceptors (Lipinski definition) is 6. The minimum Gasteiger partial charge on any atom is -0.480 e. The fourth-order valence-electron chi connectivity index (χ4n) is 3.41. The van der Waals surface area contributed by atoms with E-state index in [1.165, 1.54) is 7.11 Å². The van der Waals surface area contributed by atoms with Crippen LogP contribution in [0.3, 0.4) is 0 Å². The van der Waals surface area contributed by atoms with E-state index in [2.05, 4.69) is 15.6 Å². The molecule has 9 heteroatoms. The number of methoxy groups -OCH3 is 1. The van der Waals surface area contributed by atoms with Crippen molar-refractivity contribution in [3.05, 3.63) is 53.3 Å². The molecule has 1 aliphatic carbocycles. The largest absolute Gasteiger partial charge is 0.480 e. The molecule has 160 valence electrons. The fourth-order valence-corrected chi connectivity index (χ4v) is 3.41. The Morgan fingerprint density at radius 3 is 2.47 bits per heavy atom. The van der Waals surface area contributed by atoms with Crippen molar-refractivity contribution in [1.29, 1.82) is 0 Å². The molecule has 0 bridgehead atoms. The van der Waals surface area contributed by atoms with Crippen LogP contribution in [-0.4, -0.2) is 36.2 Å². The summed E-state index contributed by atoms with van der Waals surface area (Å²) in [7, 11) is 1.34. The number of rotatable bonds is 7. The maximum Gasteiger partial charge on any atom is 0.407 e. The van der Waals surface area contributed by atoms with E-state index < -0.39 is 17.8 Å². The van der Waals surface area contributed by atoms with Crippen molar-refractivity contribution in [2.45, 2.75) is 44.4 Å². The number of nitrogens with one attached hydrogen (secondary N) is 2. The predicted octanol–water partition coefficient (Wildman–Crippen LogP) is 2.98. The number of nitrogens with zero attached hydrogens (tertiary/aromatic N) is 1. The smallest absolute Gasteiger partial charge is 0.407 e. The van der Waals surface area contributed by atoms with Gasteiger partial charge in [0.15, 0.2) is 11.6 Å². The van der Waals surface area contributed by atoms with Gasteiger partial charge in [-0.3, -0.25) is 4.79 Å². The molecule has 1 heterocycles. The van der Waals surface area contributed by atoms with E-state index in [-0.39, 0.29) is 36.0 Å². The summed E-state index contributed by atoms with van der Waals surface area (Å²) in [5, 5.41) is 5.92. The molecule has 0 spiro atoms. The summed E-state index contributed by atoms with van der Waals surface area (Å²) in [5.74, 6) is -1.50. The van der Waals surface area contributed by atoms with Crippen LogP contribution in [0.2, 0.25) is 0 Å². The van der Waals surface area contributed by atoms with E-state index in [1.807, 2.05) is 30.3 Å².